The van der Waals surface area contributed by atoms with Crippen LogP contribution in [-0.2, 0) is 0 Å². The lowest BCUT2D eigenvalue weighted by Gasteiger charge is -2.27. The molecule has 0 saturated carbocycles. The van der Waals surface area contributed by atoms with Gasteiger partial charge in [-0.1, -0.05) is 32.1 Å². The van der Waals surface area contributed by atoms with Gasteiger partial charge in [0, 0.05) is 4.88 Å². The molecule has 1 rings (SSSR count). The first kappa shape index (κ1) is 11.6. The fourth-order valence-electron chi connectivity index (χ4n) is 1.54. The summed E-state index contributed by atoms with van der Waals surface area (Å²) in [5, 5.41) is 2.06. The lowest BCUT2D eigenvalue weighted by molar-refractivity contribution is 0.275. The first-order valence-electron chi connectivity index (χ1n) is 4.77. The van der Waals surface area contributed by atoms with Crippen LogP contribution in [0.5, 0.6) is 0 Å². The summed E-state index contributed by atoms with van der Waals surface area (Å²) >= 11 is 6.83. The van der Waals surface area contributed by atoms with Gasteiger partial charge in [0.15, 0.2) is 0 Å². The van der Waals surface area contributed by atoms with Gasteiger partial charge in [-0.3, -0.25) is 4.90 Å². The van der Waals surface area contributed by atoms with Gasteiger partial charge in [-0.15, -0.1) is 11.3 Å². The van der Waals surface area contributed by atoms with E-state index in [2.05, 4.69) is 30.2 Å². The van der Waals surface area contributed by atoms with Crippen LogP contribution < -0.4 is 5.73 Å². The lowest BCUT2D eigenvalue weighted by Crippen LogP contribution is -2.36. The summed E-state index contributed by atoms with van der Waals surface area (Å²) < 4.78 is 0. The van der Waals surface area contributed by atoms with Crippen LogP contribution in [-0.4, -0.2) is 23.0 Å². The number of hydrogen-bond acceptors (Lipinski definition) is 3. The molecule has 1 aromatic heterocycles. The van der Waals surface area contributed by atoms with E-state index < -0.39 is 0 Å². The maximum atomic E-state index is 5.78. The topological polar surface area (TPSA) is 29.3 Å². The van der Waals surface area contributed by atoms with Gasteiger partial charge in [0.1, 0.15) is 0 Å². The van der Waals surface area contributed by atoms with Crippen LogP contribution in [0.25, 0.3) is 0 Å². The number of thiophene rings is 1. The van der Waals surface area contributed by atoms with Crippen LogP contribution in [0.2, 0.25) is 0 Å². The van der Waals surface area contributed by atoms with Crippen LogP contribution in [0, 0.1) is 0 Å². The molecule has 0 bridgehead atoms. The number of nitrogens with two attached hydrogens (primary N) is 1. The Morgan fingerprint density at radius 3 is 2.57 bits per heavy atom. The van der Waals surface area contributed by atoms with Crippen molar-refractivity contribution in [3.05, 3.63) is 22.4 Å². The Bertz CT molecular complexity index is 278. The zero-order chi connectivity index (χ0) is 10.6. The highest BCUT2D eigenvalue weighted by Crippen LogP contribution is 2.24. The number of nitrogens with zero attached hydrogens (tertiary/aromatic N) is 1. The summed E-state index contributed by atoms with van der Waals surface area (Å²) in [6.45, 7) is 6.19. The number of likely N-dealkylation sites (N-methyl/N-ethyl adjacent to an activating group) is 1. The van der Waals surface area contributed by atoms with Crippen molar-refractivity contribution < 1.29 is 0 Å². The van der Waals surface area contributed by atoms with E-state index in [0.717, 1.165) is 13.1 Å². The van der Waals surface area contributed by atoms with Crippen molar-refractivity contribution in [3.63, 3.8) is 0 Å². The molecule has 1 unspecified atom stereocenters. The van der Waals surface area contributed by atoms with Gasteiger partial charge < -0.3 is 5.73 Å². The molecule has 1 atom stereocenters. The minimum atomic E-state index is 0.111. The maximum Gasteiger partial charge on any atom is 0.0956 e. The minimum Gasteiger partial charge on any atom is -0.392 e. The average molecular weight is 228 g/mol. The molecule has 0 radical (unpaired) electrons. The second-order valence-electron chi connectivity index (χ2n) is 3.04. The fraction of sp³-hybridized carbons (Fsp3) is 0.500. The van der Waals surface area contributed by atoms with Crippen LogP contribution in [0.1, 0.15) is 24.8 Å². The predicted octanol–water partition coefficient (Wildman–Crippen LogP) is 2.42. The molecule has 78 valence electrons. The molecule has 0 fully saturated rings. The molecule has 2 nitrogen and oxygen atoms in total. The van der Waals surface area contributed by atoms with Crippen molar-refractivity contribution in [1.29, 1.82) is 0 Å². The maximum absolute atomic E-state index is 5.78. The van der Waals surface area contributed by atoms with Crippen molar-refractivity contribution in [2.75, 3.05) is 13.1 Å². The van der Waals surface area contributed by atoms with Crippen LogP contribution >= 0.6 is 23.6 Å². The summed E-state index contributed by atoms with van der Waals surface area (Å²) in [7, 11) is 0. The Labute approximate surface area is 94.7 Å². The Kier molecular flexibility index (Phi) is 4.51. The van der Waals surface area contributed by atoms with Crippen LogP contribution in [0.3, 0.4) is 0 Å². The molecule has 4 heteroatoms. The van der Waals surface area contributed by atoms with E-state index in [0.29, 0.717) is 4.99 Å². The third kappa shape index (κ3) is 2.53. The first-order chi connectivity index (χ1) is 6.70. The van der Waals surface area contributed by atoms with Gasteiger partial charge in [0.25, 0.3) is 0 Å². The second-order valence-corrected chi connectivity index (χ2v) is 4.49. The van der Waals surface area contributed by atoms with Gasteiger partial charge in [-0.05, 0) is 24.5 Å². The molecule has 0 saturated heterocycles. The third-order valence-electron chi connectivity index (χ3n) is 2.26. The summed E-state index contributed by atoms with van der Waals surface area (Å²) in [5.41, 5.74) is 5.78. The third-order valence-corrected chi connectivity index (χ3v) is 3.41. The normalized spacial score (nSPS) is 13.1. The predicted molar refractivity (Wildman–Crippen MR) is 66.8 cm³/mol. The SMILES string of the molecule is CCN(CC)C(C(N)=S)c1cccs1. The molecule has 0 aliphatic carbocycles. The van der Waals surface area contributed by atoms with E-state index in [4.69, 9.17) is 18.0 Å². The number of thiocarbonyl (C=S) groups is 1. The summed E-state index contributed by atoms with van der Waals surface area (Å²) in [6.07, 6.45) is 0. The van der Waals surface area contributed by atoms with E-state index in [1.165, 1.54) is 4.88 Å². The highest BCUT2D eigenvalue weighted by molar-refractivity contribution is 7.80. The molecule has 1 heterocycles. The van der Waals surface area contributed by atoms with Gasteiger partial charge in [-0.2, -0.15) is 0 Å². The van der Waals surface area contributed by atoms with Crippen molar-refractivity contribution in [2.24, 2.45) is 5.73 Å². The minimum absolute atomic E-state index is 0.111. The van der Waals surface area contributed by atoms with Gasteiger partial charge in [0.05, 0.1) is 11.0 Å². The van der Waals surface area contributed by atoms with E-state index in [1.807, 2.05) is 6.07 Å². The van der Waals surface area contributed by atoms with Gasteiger partial charge >= 0.3 is 0 Å². The molecule has 0 amide bonds. The highest BCUT2D eigenvalue weighted by atomic mass is 32.1. The molecule has 2 N–H and O–H groups in total. The van der Waals surface area contributed by atoms with Crippen molar-refractivity contribution >= 4 is 28.5 Å². The van der Waals surface area contributed by atoms with Crippen molar-refractivity contribution in [1.82, 2.24) is 4.90 Å². The summed E-state index contributed by atoms with van der Waals surface area (Å²) in [5.74, 6) is 0. The Morgan fingerprint density at radius 2 is 2.21 bits per heavy atom. The zero-order valence-electron chi connectivity index (χ0n) is 8.56. The monoisotopic (exact) mass is 228 g/mol. The molecule has 1 aromatic rings. The molecule has 0 aliphatic heterocycles. The average Bonchev–Trinajstić information content (AvgIpc) is 2.65. The molecular formula is C10H16N2S2. The largest absolute Gasteiger partial charge is 0.392 e. The molecule has 0 aromatic carbocycles. The van der Waals surface area contributed by atoms with Crippen LogP contribution in [0.15, 0.2) is 17.5 Å². The molecule has 0 spiro atoms. The van der Waals surface area contributed by atoms with E-state index in [1.54, 1.807) is 11.3 Å². The molecule has 0 aliphatic rings. The quantitative estimate of drug-likeness (QED) is 0.785. The van der Waals surface area contributed by atoms with Gasteiger partial charge in [-0.25, -0.2) is 0 Å². The van der Waals surface area contributed by atoms with Crippen LogP contribution in [0.4, 0.5) is 0 Å². The summed E-state index contributed by atoms with van der Waals surface area (Å²) in [6, 6.07) is 4.24. The van der Waals surface area contributed by atoms with E-state index >= 15 is 0 Å². The second kappa shape index (κ2) is 5.44. The first-order valence-corrected chi connectivity index (χ1v) is 6.06. The molecular weight excluding hydrogens is 212 g/mol. The standard InChI is InChI=1S/C10H16N2S2/c1-3-12(4-2)9(10(11)13)8-6-5-7-14-8/h5-7,9H,3-4H2,1-2H3,(H2,11,13). The Morgan fingerprint density at radius 1 is 1.57 bits per heavy atom. The number of rotatable bonds is 5. The summed E-state index contributed by atoms with van der Waals surface area (Å²) in [4.78, 5) is 4.08. The van der Waals surface area contributed by atoms with E-state index in [9.17, 15) is 0 Å². The van der Waals surface area contributed by atoms with Crippen molar-refractivity contribution in [2.45, 2.75) is 19.9 Å². The van der Waals surface area contributed by atoms with Crippen molar-refractivity contribution in [3.8, 4) is 0 Å². The highest BCUT2D eigenvalue weighted by Gasteiger charge is 2.21. The smallest absolute Gasteiger partial charge is 0.0956 e. The zero-order valence-corrected chi connectivity index (χ0v) is 10.2. The number of hydrogen-bond donors (Lipinski definition) is 1. The molecule has 14 heavy (non-hydrogen) atoms. The van der Waals surface area contributed by atoms with Gasteiger partial charge in [0.2, 0.25) is 0 Å². The lowest BCUT2D eigenvalue weighted by atomic mass is 10.2. The van der Waals surface area contributed by atoms with E-state index in [-0.39, 0.29) is 6.04 Å². The Hall–Kier alpha value is -0.450. The fourth-order valence-corrected chi connectivity index (χ4v) is 2.76. The Balaban J connectivity index is 2.89.